The Morgan fingerprint density at radius 1 is 1.31 bits per heavy atom. The van der Waals surface area contributed by atoms with Crippen LogP contribution in [0.15, 0.2) is 6.07 Å². The second-order valence-corrected chi connectivity index (χ2v) is 2.95. The number of hydrogen-bond acceptors (Lipinski definition) is 5. The van der Waals surface area contributed by atoms with E-state index in [1.54, 1.807) is 0 Å². The molecule has 0 bridgehead atoms. The Balaban J connectivity index is 3.23. The topological polar surface area (TPSA) is 60.0 Å². The smallest absolute Gasteiger partial charge is 0.169 e. The van der Waals surface area contributed by atoms with Crippen molar-refractivity contribution >= 4 is 0 Å². The summed E-state index contributed by atoms with van der Waals surface area (Å²) in [6.07, 6.45) is 0. The third-order valence-corrected chi connectivity index (χ3v) is 2.09. The fraction of sp³-hybridized carbons (Fsp3) is 0.400. The molecule has 0 saturated carbocycles. The van der Waals surface area contributed by atoms with Crippen LogP contribution < -0.4 is 15.0 Å². The van der Waals surface area contributed by atoms with Gasteiger partial charge in [-0.05, 0) is 0 Å². The van der Waals surface area contributed by atoms with Gasteiger partial charge in [0.1, 0.15) is 0 Å². The van der Waals surface area contributed by atoms with Crippen molar-refractivity contribution in [3.05, 3.63) is 17.4 Å². The van der Waals surface area contributed by atoms with Crippen LogP contribution in [0.1, 0.15) is 5.56 Å². The van der Waals surface area contributed by atoms with E-state index in [0.717, 1.165) is 6.07 Å². The summed E-state index contributed by atoms with van der Waals surface area (Å²) >= 11 is 0. The standard InChI is InChI=1S/C10H14FNO4/c1-14-8-4-7(11)9(13)6(5-12-16-3)10(8)15-2/h4,12-13H,5H2,1-3H3. The van der Waals surface area contributed by atoms with Crippen molar-refractivity contribution in [1.82, 2.24) is 5.48 Å². The van der Waals surface area contributed by atoms with Gasteiger partial charge >= 0.3 is 0 Å². The fourth-order valence-corrected chi connectivity index (χ4v) is 1.33. The molecule has 90 valence electrons. The average Bonchev–Trinajstić information content (AvgIpc) is 2.30. The van der Waals surface area contributed by atoms with Crippen LogP contribution in [0.25, 0.3) is 0 Å². The van der Waals surface area contributed by atoms with Gasteiger partial charge in [0.25, 0.3) is 0 Å². The van der Waals surface area contributed by atoms with Crippen molar-refractivity contribution in [3.8, 4) is 17.2 Å². The van der Waals surface area contributed by atoms with Crippen molar-refractivity contribution in [2.24, 2.45) is 0 Å². The zero-order valence-electron chi connectivity index (χ0n) is 9.33. The summed E-state index contributed by atoms with van der Waals surface area (Å²) in [5.41, 5.74) is 2.73. The molecule has 0 amide bonds. The maximum atomic E-state index is 13.3. The molecule has 0 fully saturated rings. The number of hydrogen-bond donors (Lipinski definition) is 2. The minimum atomic E-state index is -0.773. The van der Waals surface area contributed by atoms with Gasteiger partial charge in [-0.25, -0.2) is 4.39 Å². The van der Waals surface area contributed by atoms with Gasteiger partial charge in [-0.1, -0.05) is 0 Å². The van der Waals surface area contributed by atoms with E-state index in [2.05, 4.69) is 10.3 Å². The molecule has 0 atom stereocenters. The summed E-state index contributed by atoms with van der Waals surface area (Å²) in [6, 6.07) is 1.06. The van der Waals surface area contributed by atoms with Gasteiger partial charge < -0.3 is 19.4 Å². The van der Waals surface area contributed by atoms with Crippen molar-refractivity contribution in [3.63, 3.8) is 0 Å². The highest BCUT2D eigenvalue weighted by atomic mass is 19.1. The Kier molecular flexibility index (Phi) is 4.33. The molecule has 0 radical (unpaired) electrons. The highest BCUT2D eigenvalue weighted by Gasteiger charge is 2.19. The molecule has 16 heavy (non-hydrogen) atoms. The number of ether oxygens (including phenoxy) is 2. The summed E-state index contributed by atoms with van der Waals surface area (Å²) in [6.45, 7) is 0.0969. The normalized spacial score (nSPS) is 10.2. The van der Waals surface area contributed by atoms with E-state index in [-0.39, 0.29) is 23.6 Å². The number of benzene rings is 1. The van der Waals surface area contributed by atoms with Crippen molar-refractivity contribution in [2.45, 2.75) is 6.54 Å². The Morgan fingerprint density at radius 2 is 2.00 bits per heavy atom. The largest absolute Gasteiger partial charge is 0.504 e. The SMILES string of the molecule is CONCc1c(O)c(F)cc(OC)c1OC. The quantitative estimate of drug-likeness (QED) is 0.746. The number of hydroxylamine groups is 1. The molecule has 6 heteroatoms. The number of methoxy groups -OCH3 is 2. The number of phenols is 1. The first-order chi connectivity index (χ1) is 7.65. The zero-order chi connectivity index (χ0) is 12.1. The van der Waals surface area contributed by atoms with Crippen LogP contribution in [0.5, 0.6) is 17.2 Å². The van der Waals surface area contributed by atoms with Gasteiger partial charge in [0.2, 0.25) is 0 Å². The van der Waals surface area contributed by atoms with Crippen LogP contribution in [0.2, 0.25) is 0 Å². The lowest BCUT2D eigenvalue weighted by Gasteiger charge is -2.14. The van der Waals surface area contributed by atoms with E-state index >= 15 is 0 Å². The summed E-state index contributed by atoms with van der Waals surface area (Å²) < 4.78 is 23.3. The van der Waals surface area contributed by atoms with Gasteiger partial charge in [0.05, 0.1) is 33.4 Å². The number of rotatable bonds is 5. The van der Waals surface area contributed by atoms with Gasteiger partial charge in [-0.15, -0.1) is 0 Å². The molecular formula is C10H14FNO4. The fourth-order valence-electron chi connectivity index (χ4n) is 1.33. The first kappa shape index (κ1) is 12.5. The zero-order valence-corrected chi connectivity index (χ0v) is 9.33. The van der Waals surface area contributed by atoms with E-state index in [9.17, 15) is 9.50 Å². The third-order valence-electron chi connectivity index (χ3n) is 2.09. The summed E-state index contributed by atoms with van der Waals surface area (Å²) in [4.78, 5) is 4.63. The summed E-state index contributed by atoms with van der Waals surface area (Å²) in [5, 5.41) is 9.55. The predicted octanol–water partition coefficient (Wildman–Crippen LogP) is 1.20. The molecule has 2 N–H and O–H groups in total. The maximum Gasteiger partial charge on any atom is 0.169 e. The average molecular weight is 231 g/mol. The van der Waals surface area contributed by atoms with Crippen LogP contribution in [0.4, 0.5) is 4.39 Å². The molecule has 0 unspecified atom stereocenters. The molecular weight excluding hydrogens is 217 g/mol. The van der Waals surface area contributed by atoms with Gasteiger partial charge in [0.15, 0.2) is 23.1 Å². The van der Waals surface area contributed by atoms with Crippen molar-refractivity contribution in [2.75, 3.05) is 21.3 Å². The molecule has 1 aromatic carbocycles. The summed E-state index contributed by atoms with van der Waals surface area (Å²) in [7, 11) is 4.22. The molecule has 0 spiro atoms. The molecule has 0 aromatic heterocycles. The number of aromatic hydroxyl groups is 1. The van der Waals surface area contributed by atoms with Crippen LogP contribution in [-0.4, -0.2) is 26.4 Å². The molecule has 0 aliphatic rings. The van der Waals surface area contributed by atoms with Crippen LogP contribution in [-0.2, 0) is 11.4 Å². The lowest BCUT2D eigenvalue weighted by atomic mass is 10.1. The van der Waals surface area contributed by atoms with E-state index in [4.69, 9.17) is 9.47 Å². The van der Waals surface area contributed by atoms with E-state index < -0.39 is 11.6 Å². The maximum absolute atomic E-state index is 13.3. The lowest BCUT2D eigenvalue weighted by Crippen LogP contribution is -2.12. The van der Waals surface area contributed by atoms with Crippen LogP contribution >= 0.6 is 0 Å². The molecule has 1 rings (SSSR count). The molecule has 1 aromatic rings. The molecule has 0 aliphatic heterocycles. The predicted molar refractivity (Wildman–Crippen MR) is 55.0 cm³/mol. The molecule has 0 heterocycles. The van der Waals surface area contributed by atoms with Crippen molar-refractivity contribution in [1.29, 1.82) is 0 Å². The first-order valence-corrected chi connectivity index (χ1v) is 4.53. The second kappa shape index (κ2) is 5.53. The van der Waals surface area contributed by atoms with Gasteiger partial charge in [-0.3, -0.25) is 0 Å². The van der Waals surface area contributed by atoms with E-state index in [1.165, 1.54) is 21.3 Å². The number of halogens is 1. The number of nitrogens with one attached hydrogen (secondary N) is 1. The van der Waals surface area contributed by atoms with Gasteiger partial charge in [0, 0.05) is 6.07 Å². The Hall–Kier alpha value is -1.53. The minimum Gasteiger partial charge on any atom is -0.504 e. The van der Waals surface area contributed by atoms with E-state index in [0.29, 0.717) is 0 Å². The van der Waals surface area contributed by atoms with Gasteiger partial charge in [-0.2, -0.15) is 5.48 Å². The lowest BCUT2D eigenvalue weighted by molar-refractivity contribution is 0.0852. The molecule has 5 nitrogen and oxygen atoms in total. The molecule has 0 aliphatic carbocycles. The summed E-state index contributed by atoms with van der Waals surface area (Å²) in [5.74, 6) is -0.774. The highest BCUT2D eigenvalue weighted by Crippen LogP contribution is 2.38. The third kappa shape index (κ3) is 2.34. The highest BCUT2D eigenvalue weighted by molar-refractivity contribution is 5.54. The Labute approximate surface area is 92.7 Å². The van der Waals surface area contributed by atoms with Crippen LogP contribution in [0, 0.1) is 5.82 Å². The monoisotopic (exact) mass is 231 g/mol. The Bertz CT molecular complexity index is 370. The van der Waals surface area contributed by atoms with Crippen molar-refractivity contribution < 1.29 is 23.8 Å². The Morgan fingerprint density at radius 3 is 2.50 bits per heavy atom. The molecule has 0 saturated heterocycles. The second-order valence-electron chi connectivity index (χ2n) is 2.95. The number of phenolic OH excluding ortho intramolecular Hbond substituents is 1. The first-order valence-electron chi connectivity index (χ1n) is 4.53. The minimum absolute atomic E-state index is 0.0969. The van der Waals surface area contributed by atoms with E-state index in [1.807, 2.05) is 0 Å². The van der Waals surface area contributed by atoms with Crippen LogP contribution in [0.3, 0.4) is 0 Å².